The quantitative estimate of drug-likeness (QED) is 0.653. The molecule has 0 saturated carbocycles. The van der Waals surface area contributed by atoms with E-state index in [4.69, 9.17) is 5.73 Å². The van der Waals surface area contributed by atoms with Gasteiger partial charge >= 0.3 is 0 Å². The second-order valence-electron chi connectivity index (χ2n) is 3.42. The Kier molecular flexibility index (Phi) is 1.87. The van der Waals surface area contributed by atoms with Gasteiger partial charge in [-0.3, -0.25) is 0 Å². The zero-order valence-corrected chi connectivity index (χ0v) is 7.30. The van der Waals surface area contributed by atoms with Crippen LogP contribution in [0.1, 0.15) is 29.7 Å². The van der Waals surface area contributed by atoms with E-state index in [0.29, 0.717) is 0 Å². The van der Waals surface area contributed by atoms with Crippen LogP contribution in [0.2, 0.25) is 0 Å². The Labute approximate surface area is 72.8 Å². The molecule has 1 aromatic carbocycles. The first-order chi connectivity index (χ1) is 5.77. The van der Waals surface area contributed by atoms with Gasteiger partial charge in [-0.1, -0.05) is 18.2 Å². The highest BCUT2D eigenvalue weighted by Gasteiger charge is 2.10. The van der Waals surface area contributed by atoms with Crippen LogP contribution in [-0.2, 0) is 13.1 Å². The molecule has 0 radical (unpaired) electrons. The van der Waals surface area contributed by atoms with E-state index < -0.39 is 0 Å². The molecule has 0 saturated heterocycles. The van der Waals surface area contributed by atoms with Crippen molar-refractivity contribution in [2.45, 2.75) is 26.1 Å². The molecule has 0 fully saturated rings. The highest BCUT2D eigenvalue weighted by atomic mass is 14.9. The van der Waals surface area contributed by atoms with Crippen molar-refractivity contribution >= 4 is 0 Å². The second kappa shape index (κ2) is 2.88. The molecular weight excluding hydrogens is 148 g/mol. The summed E-state index contributed by atoms with van der Waals surface area (Å²) in [6, 6.07) is 6.65. The number of rotatable bonds is 1. The molecule has 0 spiro atoms. The Bertz CT molecular complexity index is 292. The van der Waals surface area contributed by atoms with E-state index in [2.05, 4.69) is 23.5 Å². The monoisotopic (exact) mass is 162 g/mol. The molecule has 0 aromatic heterocycles. The number of nitrogens with two attached hydrogens (primary N) is 1. The highest BCUT2D eigenvalue weighted by molar-refractivity contribution is 5.35. The van der Waals surface area contributed by atoms with Crippen LogP contribution in [0.3, 0.4) is 0 Å². The minimum absolute atomic E-state index is 0.149. The molecule has 1 aliphatic heterocycles. The van der Waals surface area contributed by atoms with E-state index in [0.717, 1.165) is 13.1 Å². The molecule has 1 heterocycles. The molecule has 1 aliphatic rings. The van der Waals surface area contributed by atoms with Gasteiger partial charge in [0.2, 0.25) is 0 Å². The topological polar surface area (TPSA) is 38.0 Å². The third-order valence-electron chi connectivity index (χ3n) is 2.39. The number of fused-ring (bicyclic) bond motifs is 1. The van der Waals surface area contributed by atoms with Crippen LogP contribution in [0.4, 0.5) is 0 Å². The van der Waals surface area contributed by atoms with Crippen molar-refractivity contribution in [3.05, 3.63) is 34.9 Å². The zero-order valence-electron chi connectivity index (χ0n) is 7.30. The van der Waals surface area contributed by atoms with Gasteiger partial charge < -0.3 is 11.1 Å². The molecule has 0 bridgehead atoms. The summed E-state index contributed by atoms with van der Waals surface area (Å²) < 4.78 is 0. The molecule has 2 rings (SSSR count). The van der Waals surface area contributed by atoms with Crippen molar-refractivity contribution in [3.63, 3.8) is 0 Å². The molecule has 64 valence electrons. The molecule has 12 heavy (non-hydrogen) atoms. The number of nitrogens with one attached hydrogen (secondary N) is 1. The summed E-state index contributed by atoms with van der Waals surface area (Å²) in [6.07, 6.45) is 0. The Morgan fingerprint density at radius 3 is 2.83 bits per heavy atom. The van der Waals surface area contributed by atoms with Crippen molar-refractivity contribution in [2.75, 3.05) is 0 Å². The molecule has 1 unspecified atom stereocenters. The molecule has 2 nitrogen and oxygen atoms in total. The fraction of sp³-hybridized carbons (Fsp3) is 0.400. The Hall–Kier alpha value is -0.860. The van der Waals surface area contributed by atoms with Crippen LogP contribution in [0, 0.1) is 0 Å². The molecule has 1 aromatic rings. The van der Waals surface area contributed by atoms with Crippen LogP contribution >= 0.6 is 0 Å². The molecule has 0 amide bonds. The van der Waals surface area contributed by atoms with Crippen molar-refractivity contribution in [1.82, 2.24) is 5.32 Å². The molecular formula is C10H14N2. The fourth-order valence-electron chi connectivity index (χ4n) is 1.60. The van der Waals surface area contributed by atoms with Gasteiger partial charge in [-0.05, 0) is 23.6 Å². The molecule has 1 atom stereocenters. The lowest BCUT2D eigenvalue weighted by atomic mass is 10.0. The van der Waals surface area contributed by atoms with Gasteiger partial charge in [0.05, 0.1) is 0 Å². The maximum absolute atomic E-state index is 5.79. The molecule has 2 heteroatoms. The molecule has 0 aliphatic carbocycles. The SMILES string of the molecule is CC(N)c1ccc2c(c1)CNC2. The van der Waals surface area contributed by atoms with Crippen LogP contribution in [0.5, 0.6) is 0 Å². The van der Waals surface area contributed by atoms with Gasteiger partial charge in [-0.2, -0.15) is 0 Å². The van der Waals surface area contributed by atoms with Gasteiger partial charge in [-0.15, -0.1) is 0 Å². The van der Waals surface area contributed by atoms with Gasteiger partial charge in [0.25, 0.3) is 0 Å². The zero-order chi connectivity index (χ0) is 8.55. The minimum atomic E-state index is 0.149. The largest absolute Gasteiger partial charge is 0.324 e. The van der Waals surface area contributed by atoms with Gasteiger partial charge in [0, 0.05) is 19.1 Å². The van der Waals surface area contributed by atoms with E-state index in [-0.39, 0.29) is 6.04 Å². The second-order valence-corrected chi connectivity index (χ2v) is 3.42. The van der Waals surface area contributed by atoms with E-state index in [1.807, 2.05) is 6.92 Å². The van der Waals surface area contributed by atoms with E-state index in [9.17, 15) is 0 Å². The van der Waals surface area contributed by atoms with Crippen molar-refractivity contribution in [2.24, 2.45) is 5.73 Å². The summed E-state index contributed by atoms with van der Waals surface area (Å²) in [5.41, 5.74) is 9.84. The summed E-state index contributed by atoms with van der Waals surface area (Å²) in [5, 5.41) is 3.31. The Balaban J connectivity index is 2.39. The summed E-state index contributed by atoms with van der Waals surface area (Å²) >= 11 is 0. The predicted octanol–water partition coefficient (Wildman–Crippen LogP) is 1.31. The lowest BCUT2D eigenvalue weighted by Crippen LogP contribution is -2.05. The summed E-state index contributed by atoms with van der Waals surface area (Å²) in [4.78, 5) is 0. The third-order valence-corrected chi connectivity index (χ3v) is 2.39. The van der Waals surface area contributed by atoms with Crippen LogP contribution < -0.4 is 11.1 Å². The maximum atomic E-state index is 5.79. The number of benzene rings is 1. The normalized spacial score (nSPS) is 17.5. The summed E-state index contributed by atoms with van der Waals surface area (Å²) in [6.45, 7) is 4.02. The summed E-state index contributed by atoms with van der Waals surface area (Å²) in [5.74, 6) is 0. The maximum Gasteiger partial charge on any atom is 0.0266 e. The Morgan fingerprint density at radius 2 is 2.08 bits per heavy atom. The van der Waals surface area contributed by atoms with Crippen molar-refractivity contribution in [3.8, 4) is 0 Å². The minimum Gasteiger partial charge on any atom is -0.324 e. The smallest absolute Gasteiger partial charge is 0.0266 e. The van der Waals surface area contributed by atoms with E-state index >= 15 is 0 Å². The average molecular weight is 162 g/mol. The van der Waals surface area contributed by atoms with Crippen LogP contribution in [-0.4, -0.2) is 0 Å². The van der Waals surface area contributed by atoms with Gasteiger partial charge in [0.1, 0.15) is 0 Å². The van der Waals surface area contributed by atoms with Crippen molar-refractivity contribution < 1.29 is 0 Å². The fourth-order valence-corrected chi connectivity index (χ4v) is 1.60. The van der Waals surface area contributed by atoms with Gasteiger partial charge in [-0.25, -0.2) is 0 Å². The average Bonchev–Trinajstić information content (AvgIpc) is 2.49. The number of hydrogen-bond acceptors (Lipinski definition) is 2. The van der Waals surface area contributed by atoms with E-state index in [1.54, 1.807) is 0 Å². The van der Waals surface area contributed by atoms with Crippen LogP contribution in [0.15, 0.2) is 18.2 Å². The van der Waals surface area contributed by atoms with Crippen LogP contribution in [0.25, 0.3) is 0 Å². The standard InChI is InChI=1S/C10H14N2/c1-7(11)8-2-3-9-5-12-6-10(9)4-8/h2-4,7,12H,5-6,11H2,1H3. The third kappa shape index (κ3) is 1.24. The van der Waals surface area contributed by atoms with Crippen molar-refractivity contribution in [1.29, 1.82) is 0 Å². The first-order valence-electron chi connectivity index (χ1n) is 4.35. The number of hydrogen-bond donors (Lipinski definition) is 2. The lowest BCUT2D eigenvalue weighted by Gasteiger charge is -2.06. The van der Waals surface area contributed by atoms with Gasteiger partial charge in [0.15, 0.2) is 0 Å². The first-order valence-corrected chi connectivity index (χ1v) is 4.35. The summed E-state index contributed by atoms with van der Waals surface area (Å²) in [7, 11) is 0. The van der Waals surface area contributed by atoms with E-state index in [1.165, 1.54) is 16.7 Å². The lowest BCUT2D eigenvalue weighted by molar-refractivity contribution is 0.763. The first kappa shape index (κ1) is 7.77. The molecule has 3 N–H and O–H groups in total. The Morgan fingerprint density at radius 1 is 1.33 bits per heavy atom. The predicted molar refractivity (Wildman–Crippen MR) is 49.6 cm³/mol. The highest BCUT2D eigenvalue weighted by Crippen LogP contribution is 2.19.